The summed E-state index contributed by atoms with van der Waals surface area (Å²) in [6.07, 6.45) is 6.71. The number of hydrogen-bond donors (Lipinski definition) is 2. The Balaban J connectivity index is 1.90. The van der Waals surface area contributed by atoms with Gasteiger partial charge in [0.15, 0.2) is 0 Å². The molecular weight excluding hydrogens is 178 g/mol. The van der Waals surface area contributed by atoms with E-state index in [-0.39, 0.29) is 11.8 Å². The van der Waals surface area contributed by atoms with Crippen LogP contribution in [0, 0.1) is 5.92 Å². The molecule has 2 rings (SSSR count). The Bertz CT molecular complexity index is 223. The second-order valence-electron chi connectivity index (χ2n) is 4.77. The molecule has 0 aromatic heterocycles. The maximum Gasteiger partial charge on any atom is 0.223 e. The summed E-state index contributed by atoms with van der Waals surface area (Å²) in [5.41, 5.74) is -0.508. The van der Waals surface area contributed by atoms with E-state index in [2.05, 4.69) is 5.32 Å². The molecule has 14 heavy (non-hydrogen) atoms. The zero-order valence-electron chi connectivity index (χ0n) is 8.59. The van der Waals surface area contributed by atoms with E-state index < -0.39 is 5.60 Å². The van der Waals surface area contributed by atoms with E-state index in [1.54, 1.807) is 0 Å². The zero-order valence-corrected chi connectivity index (χ0v) is 8.59. The van der Waals surface area contributed by atoms with Crippen molar-refractivity contribution in [1.82, 2.24) is 5.32 Å². The van der Waals surface area contributed by atoms with Crippen LogP contribution in [0.1, 0.15) is 44.9 Å². The molecule has 1 saturated carbocycles. The molecular formula is C11H19NO2. The van der Waals surface area contributed by atoms with Crippen LogP contribution in [0.4, 0.5) is 0 Å². The number of carbonyl (C=O) groups excluding carboxylic acids is 1. The average molecular weight is 197 g/mol. The van der Waals surface area contributed by atoms with Crippen LogP contribution in [0.3, 0.4) is 0 Å². The number of rotatable bonds is 2. The molecule has 0 aromatic rings. The summed E-state index contributed by atoms with van der Waals surface area (Å²) in [6, 6.07) is 0. The van der Waals surface area contributed by atoms with Crippen LogP contribution >= 0.6 is 0 Å². The smallest absolute Gasteiger partial charge is 0.223 e. The highest BCUT2D eigenvalue weighted by molar-refractivity contribution is 5.78. The van der Waals surface area contributed by atoms with Crippen molar-refractivity contribution in [3.63, 3.8) is 0 Å². The highest BCUT2D eigenvalue weighted by atomic mass is 16.3. The van der Waals surface area contributed by atoms with Gasteiger partial charge in [0.1, 0.15) is 0 Å². The molecule has 2 N–H and O–H groups in total. The highest BCUT2D eigenvalue weighted by Crippen LogP contribution is 2.38. The number of nitrogens with one attached hydrogen (secondary N) is 1. The molecule has 1 heterocycles. The molecule has 0 spiro atoms. The van der Waals surface area contributed by atoms with Crippen molar-refractivity contribution in [3.8, 4) is 0 Å². The van der Waals surface area contributed by atoms with Gasteiger partial charge in [-0.05, 0) is 38.5 Å². The van der Waals surface area contributed by atoms with E-state index in [1.807, 2.05) is 0 Å². The fourth-order valence-electron chi connectivity index (χ4n) is 2.45. The van der Waals surface area contributed by atoms with Crippen LogP contribution in [0.15, 0.2) is 0 Å². The minimum atomic E-state index is -0.508. The minimum absolute atomic E-state index is 0.0581. The first-order valence-corrected chi connectivity index (χ1v) is 5.70. The van der Waals surface area contributed by atoms with Crippen LogP contribution in [0.2, 0.25) is 0 Å². The first kappa shape index (κ1) is 9.97. The van der Waals surface area contributed by atoms with Gasteiger partial charge in [-0.1, -0.05) is 6.42 Å². The van der Waals surface area contributed by atoms with Gasteiger partial charge in [0.2, 0.25) is 5.91 Å². The van der Waals surface area contributed by atoms with E-state index in [4.69, 9.17) is 0 Å². The number of hydrogen-bond acceptors (Lipinski definition) is 2. The third kappa shape index (κ3) is 2.08. The van der Waals surface area contributed by atoms with Crippen LogP contribution in [0.25, 0.3) is 0 Å². The predicted molar refractivity (Wildman–Crippen MR) is 53.8 cm³/mol. The first-order chi connectivity index (χ1) is 6.70. The summed E-state index contributed by atoms with van der Waals surface area (Å²) in [7, 11) is 0. The second-order valence-corrected chi connectivity index (χ2v) is 4.77. The summed E-state index contributed by atoms with van der Waals surface area (Å²) in [5.74, 6) is 0.214. The van der Waals surface area contributed by atoms with E-state index in [0.717, 1.165) is 45.1 Å². The van der Waals surface area contributed by atoms with Gasteiger partial charge in [-0.3, -0.25) is 4.79 Å². The lowest BCUT2D eigenvalue weighted by Crippen LogP contribution is -2.42. The summed E-state index contributed by atoms with van der Waals surface area (Å²) < 4.78 is 0. The maximum absolute atomic E-state index is 11.6. The van der Waals surface area contributed by atoms with Crippen molar-refractivity contribution in [2.24, 2.45) is 5.92 Å². The van der Waals surface area contributed by atoms with Gasteiger partial charge < -0.3 is 10.4 Å². The number of aliphatic hydroxyl groups is 1. The normalized spacial score (nSPS) is 31.5. The van der Waals surface area contributed by atoms with Gasteiger partial charge in [0.05, 0.1) is 5.60 Å². The first-order valence-electron chi connectivity index (χ1n) is 5.70. The Morgan fingerprint density at radius 2 is 2.14 bits per heavy atom. The Kier molecular flexibility index (Phi) is 2.77. The third-order valence-electron chi connectivity index (χ3n) is 3.56. The van der Waals surface area contributed by atoms with Gasteiger partial charge in [-0.25, -0.2) is 0 Å². The van der Waals surface area contributed by atoms with Gasteiger partial charge >= 0.3 is 0 Å². The molecule has 1 atom stereocenters. The molecule has 1 aliphatic carbocycles. The van der Waals surface area contributed by atoms with Gasteiger partial charge in [0, 0.05) is 12.5 Å². The Hall–Kier alpha value is -0.570. The summed E-state index contributed by atoms with van der Waals surface area (Å²) in [5, 5.41) is 12.9. The van der Waals surface area contributed by atoms with E-state index in [9.17, 15) is 9.90 Å². The van der Waals surface area contributed by atoms with Crippen LogP contribution in [-0.2, 0) is 4.79 Å². The van der Waals surface area contributed by atoms with Crippen molar-refractivity contribution in [2.45, 2.75) is 50.5 Å². The monoisotopic (exact) mass is 197 g/mol. The lowest BCUT2D eigenvalue weighted by Gasteiger charge is -2.38. The Labute approximate surface area is 84.9 Å². The van der Waals surface area contributed by atoms with Crippen LogP contribution in [-0.4, -0.2) is 23.2 Å². The van der Waals surface area contributed by atoms with Crippen molar-refractivity contribution in [3.05, 3.63) is 0 Å². The summed E-state index contributed by atoms with van der Waals surface area (Å²) in [6.45, 7) is 0.813. The van der Waals surface area contributed by atoms with Gasteiger partial charge in [0.25, 0.3) is 0 Å². The predicted octanol–water partition coefficient (Wildman–Crippen LogP) is 1.21. The standard InChI is InChI=1S/C11H19NO2/c13-10-9(4-1-2-7-12-10)8-11(14)5-3-6-11/h9,14H,1-8H2,(H,12,13). The molecule has 2 aliphatic rings. The Morgan fingerprint density at radius 3 is 2.79 bits per heavy atom. The molecule has 80 valence electrons. The fraction of sp³-hybridized carbons (Fsp3) is 0.909. The van der Waals surface area contributed by atoms with E-state index >= 15 is 0 Å². The number of amides is 1. The summed E-state index contributed by atoms with van der Waals surface area (Å²) >= 11 is 0. The molecule has 1 amide bonds. The molecule has 1 unspecified atom stereocenters. The van der Waals surface area contributed by atoms with Crippen molar-refractivity contribution < 1.29 is 9.90 Å². The SMILES string of the molecule is O=C1NCCCCC1CC1(O)CCC1. The molecule has 0 radical (unpaired) electrons. The largest absolute Gasteiger partial charge is 0.390 e. The topological polar surface area (TPSA) is 49.3 Å². The molecule has 3 heteroatoms. The van der Waals surface area contributed by atoms with E-state index in [1.165, 1.54) is 0 Å². The van der Waals surface area contributed by atoms with Crippen molar-refractivity contribution in [2.75, 3.05) is 6.54 Å². The van der Waals surface area contributed by atoms with Gasteiger partial charge in [-0.15, -0.1) is 0 Å². The minimum Gasteiger partial charge on any atom is -0.390 e. The van der Waals surface area contributed by atoms with Crippen molar-refractivity contribution >= 4 is 5.91 Å². The maximum atomic E-state index is 11.6. The zero-order chi connectivity index (χ0) is 10.0. The quantitative estimate of drug-likeness (QED) is 0.699. The van der Waals surface area contributed by atoms with E-state index in [0.29, 0.717) is 6.42 Å². The molecule has 1 saturated heterocycles. The van der Waals surface area contributed by atoms with Crippen molar-refractivity contribution in [1.29, 1.82) is 0 Å². The third-order valence-corrected chi connectivity index (χ3v) is 3.56. The molecule has 3 nitrogen and oxygen atoms in total. The average Bonchev–Trinajstić information content (AvgIpc) is 2.29. The number of carbonyl (C=O) groups is 1. The Morgan fingerprint density at radius 1 is 1.36 bits per heavy atom. The lowest BCUT2D eigenvalue weighted by atomic mass is 9.73. The molecule has 0 aromatic carbocycles. The lowest BCUT2D eigenvalue weighted by molar-refractivity contribution is -0.129. The fourth-order valence-corrected chi connectivity index (χ4v) is 2.45. The molecule has 1 aliphatic heterocycles. The second kappa shape index (κ2) is 3.89. The summed E-state index contributed by atoms with van der Waals surface area (Å²) in [4.78, 5) is 11.6. The van der Waals surface area contributed by atoms with Crippen LogP contribution < -0.4 is 5.32 Å². The molecule has 2 fully saturated rings. The van der Waals surface area contributed by atoms with Crippen LogP contribution in [0.5, 0.6) is 0 Å². The van der Waals surface area contributed by atoms with Gasteiger partial charge in [-0.2, -0.15) is 0 Å². The highest BCUT2D eigenvalue weighted by Gasteiger charge is 2.38. The molecule has 0 bridgehead atoms.